The van der Waals surface area contributed by atoms with E-state index in [2.05, 4.69) is 4.98 Å². The highest BCUT2D eigenvalue weighted by atomic mass is 35.5. The summed E-state index contributed by atoms with van der Waals surface area (Å²) in [6, 6.07) is 5.31. The van der Waals surface area contributed by atoms with Gasteiger partial charge in [0.05, 0.1) is 11.2 Å². The number of halogens is 1. The van der Waals surface area contributed by atoms with E-state index in [4.69, 9.17) is 20.9 Å². The monoisotopic (exact) mass is 293 g/mol. The van der Waals surface area contributed by atoms with Crippen molar-refractivity contribution >= 4 is 35.1 Å². The quantitative estimate of drug-likeness (QED) is 0.795. The molecule has 20 heavy (non-hydrogen) atoms. The second-order valence-corrected chi connectivity index (χ2v) is 6.61. The van der Waals surface area contributed by atoms with Crippen molar-refractivity contribution in [3.63, 3.8) is 0 Å². The first kappa shape index (κ1) is 13.8. The van der Waals surface area contributed by atoms with Crippen LogP contribution in [0, 0.1) is 0 Å². The Morgan fingerprint density at radius 3 is 2.30 bits per heavy atom. The second-order valence-electron chi connectivity index (χ2n) is 6.20. The third-order valence-electron chi connectivity index (χ3n) is 4.23. The Bertz CT molecular complexity index is 664. The van der Waals surface area contributed by atoms with Gasteiger partial charge in [0.1, 0.15) is 0 Å². The summed E-state index contributed by atoms with van der Waals surface area (Å²) in [4.78, 5) is 2.84. The minimum atomic E-state index is -0.506. The lowest BCUT2D eigenvalue weighted by Crippen LogP contribution is -2.41. The molecule has 1 aromatic carbocycles. The molecule has 0 saturated carbocycles. The Balaban J connectivity index is 2.05. The van der Waals surface area contributed by atoms with Crippen molar-refractivity contribution in [2.75, 3.05) is 0 Å². The zero-order valence-electron chi connectivity index (χ0n) is 12.0. The van der Waals surface area contributed by atoms with Gasteiger partial charge in [-0.2, -0.15) is 0 Å². The third kappa shape index (κ3) is 2.01. The van der Waals surface area contributed by atoms with Crippen molar-refractivity contribution in [3.05, 3.63) is 23.2 Å². The van der Waals surface area contributed by atoms with E-state index in [-0.39, 0.29) is 5.88 Å². The highest BCUT2D eigenvalue weighted by Crippen LogP contribution is 2.37. The number of rotatable bonds is 1. The van der Waals surface area contributed by atoms with E-state index in [1.54, 1.807) is 12.1 Å². The second kappa shape index (κ2) is 4.17. The predicted octanol–water partition coefficient (Wildman–Crippen LogP) is 2.83. The van der Waals surface area contributed by atoms with E-state index in [0.29, 0.717) is 5.02 Å². The summed E-state index contributed by atoms with van der Waals surface area (Å²) in [7, 11) is -0.506. The number of H-pyrrole nitrogens is 1. The molecule has 0 bridgehead atoms. The lowest BCUT2D eigenvalue weighted by Gasteiger charge is -2.32. The van der Waals surface area contributed by atoms with Gasteiger partial charge in [0, 0.05) is 27.5 Å². The molecule has 1 aliphatic rings. The molecular formula is C14H17BClNO3. The first-order valence-electron chi connectivity index (χ1n) is 6.56. The van der Waals surface area contributed by atoms with E-state index < -0.39 is 18.3 Å². The molecule has 0 aliphatic carbocycles. The van der Waals surface area contributed by atoms with Gasteiger partial charge in [-0.1, -0.05) is 17.7 Å². The largest absolute Gasteiger partial charge is 0.496 e. The average Bonchev–Trinajstić information content (AvgIpc) is 2.74. The Hall–Kier alpha value is -1.17. The van der Waals surface area contributed by atoms with Gasteiger partial charge in [-0.15, -0.1) is 0 Å². The van der Waals surface area contributed by atoms with Gasteiger partial charge in [-0.25, -0.2) is 0 Å². The summed E-state index contributed by atoms with van der Waals surface area (Å²) in [5.74, 6) is 0.113. The molecule has 3 rings (SSSR count). The number of fused-ring (bicyclic) bond motifs is 1. The summed E-state index contributed by atoms with van der Waals surface area (Å²) < 4.78 is 12.0. The minimum absolute atomic E-state index is 0.113. The molecule has 2 aromatic rings. The molecule has 0 unspecified atom stereocenters. The number of aromatic hydroxyl groups is 1. The minimum Gasteiger partial charge on any atom is -0.495 e. The Morgan fingerprint density at radius 1 is 1.10 bits per heavy atom. The van der Waals surface area contributed by atoms with Crippen LogP contribution in [0.5, 0.6) is 5.88 Å². The van der Waals surface area contributed by atoms with Crippen LogP contribution in [-0.2, 0) is 9.31 Å². The molecule has 106 valence electrons. The molecule has 6 heteroatoms. The maximum absolute atomic E-state index is 9.51. The van der Waals surface area contributed by atoms with Crippen LogP contribution in [0.4, 0.5) is 0 Å². The van der Waals surface area contributed by atoms with Crippen LogP contribution < -0.4 is 5.46 Å². The molecule has 2 N–H and O–H groups in total. The van der Waals surface area contributed by atoms with E-state index in [0.717, 1.165) is 16.4 Å². The molecule has 0 amide bonds. The first-order chi connectivity index (χ1) is 9.19. The molecule has 1 aromatic heterocycles. The first-order valence-corrected chi connectivity index (χ1v) is 6.94. The lowest BCUT2D eigenvalue weighted by atomic mass is 9.78. The molecular weight excluding hydrogens is 276 g/mol. The van der Waals surface area contributed by atoms with E-state index in [9.17, 15) is 5.11 Å². The molecule has 0 atom stereocenters. The van der Waals surface area contributed by atoms with Gasteiger partial charge >= 0.3 is 7.12 Å². The van der Waals surface area contributed by atoms with E-state index >= 15 is 0 Å². The van der Waals surface area contributed by atoms with E-state index in [1.165, 1.54) is 0 Å². The topological polar surface area (TPSA) is 54.5 Å². The van der Waals surface area contributed by atoms with Crippen molar-refractivity contribution in [2.45, 2.75) is 38.9 Å². The third-order valence-corrected chi connectivity index (χ3v) is 4.56. The molecule has 4 nitrogen and oxygen atoms in total. The van der Waals surface area contributed by atoms with Crippen molar-refractivity contribution in [1.29, 1.82) is 0 Å². The fourth-order valence-electron chi connectivity index (χ4n) is 2.31. The normalized spacial score (nSPS) is 20.8. The molecule has 0 spiro atoms. The fraction of sp³-hybridized carbons (Fsp3) is 0.429. The number of aromatic nitrogens is 1. The van der Waals surface area contributed by atoms with Crippen LogP contribution >= 0.6 is 11.6 Å². The van der Waals surface area contributed by atoms with Gasteiger partial charge in [0.2, 0.25) is 0 Å². The molecule has 1 fully saturated rings. The standard InChI is InChI=1S/C14H17BClNO3/c1-13(2)14(3,4)20-15(19-13)9-5-8-6-12(18)17-11(8)7-10(9)16/h5-7,17-18H,1-4H3. The van der Waals surface area contributed by atoms with Crippen LogP contribution in [0.25, 0.3) is 10.9 Å². The smallest absolute Gasteiger partial charge is 0.495 e. The van der Waals surface area contributed by atoms with Crippen LogP contribution in [0.3, 0.4) is 0 Å². The van der Waals surface area contributed by atoms with Crippen LogP contribution in [0.1, 0.15) is 27.7 Å². The number of hydrogen-bond donors (Lipinski definition) is 2. The predicted molar refractivity (Wildman–Crippen MR) is 80.7 cm³/mol. The highest BCUT2D eigenvalue weighted by molar-refractivity contribution is 6.66. The lowest BCUT2D eigenvalue weighted by molar-refractivity contribution is 0.00578. The summed E-state index contributed by atoms with van der Waals surface area (Å²) in [5.41, 5.74) is 0.747. The van der Waals surface area contributed by atoms with Crippen LogP contribution in [-0.4, -0.2) is 28.4 Å². The van der Waals surface area contributed by atoms with Crippen molar-refractivity contribution < 1.29 is 14.4 Å². The highest BCUT2D eigenvalue weighted by Gasteiger charge is 2.52. The Morgan fingerprint density at radius 2 is 1.70 bits per heavy atom. The fourth-order valence-corrected chi connectivity index (χ4v) is 2.56. The summed E-state index contributed by atoms with van der Waals surface area (Å²) in [6.45, 7) is 8.01. The number of aromatic amines is 1. The maximum atomic E-state index is 9.51. The number of nitrogens with one attached hydrogen (secondary N) is 1. The Labute approximate surface area is 123 Å². The van der Waals surface area contributed by atoms with Gasteiger partial charge in [0.25, 0.3) is 0 Å². The van der Waals surface area contributed by atoms with Crippen molar-refractivity contribution in [1.82, 2.24) is 4.98 Å². The summed E-state index contributed by atoms with van der Waals surface area (Å²) in [6.07, 6.45) is 0. The average molecular weight is 294 g/mol. The summed E-state index contributed by atoms with van der Waals surface area (Å²) in [5, 5.41) is 10.9. The molecule has 1 aliphatic heterocycles. The zero-order valence-corrected chi connectivity index (χ0v) is 12.7. The van der Waals surface area contributed by atoms with Gasteiger partial charge in [-0.3, -0.25) is 0 Å². The maximum Gasteiger partial charge on any atom is 0.496 e. The van der Waals surface area contributed by atoms with Crippen LogP contribution in [0.2, 0.25) is 5.02 Å². The van der Waals surface area contributed by atoms with Gasteiger partial charge in [0.15, 0.2) is 5.88 Å². The number of benzene rings is 1. The van der Waals surface area contributed by atoms with Crippen molar-refractivity contribution in [2.24, 2.45) is 0 Å². The molecule has 1 saturated heterocycles. The summed E-state index contributed by atoms with van der Waals surface area (Å²) >= 11 is 6.32. The van der Waals surface area contributed by atoms with Crippen LogP contribution in [0.15, 0.2) is 18.2 Å². The SMILES string of the molecule is CC1(C)OB(c2cc3cc(O)[nH]c3cc2Cl)OC1(C)C. The van der Waals surface area contributed by atoms with E-state index in [1.807, 2.05) is 33.8 Å². The van der Waals surface area contributed by atoms with Gasteiger partial charge < -0.3 is 19.4 Å². The van der Waals surface area contributed by atoms with Crippen molar-refractivity contribution in [3.8, 4) is 5.88 Å². The molecule has 2 heterocycles. The molecule has 0 radical (unpaired) electrons. The zero-order chi connectivity index (χ0) is 14.7. The Kier molecular flexibility index (Phi) is 2.87. The van der Waals surface area contributed by atoms with Gasteiger partial charge in [-0.05, 0) is 33.8 Å². The number of hydrogen-bond acceptors (Lipinski definition) is 3.